The zero-order valence-corrected chi connectivity index (χ0v) is 15.6. The lowest BCUT2D eigenvalue weighted by Crippen LogP contribution is -2.44. The maximum Gasteiger partial charge on any atom is 0.265 e. The second kappa shape index (κ2) is 7.52. The van der Waals surface area contributed by atoms with Gasteiger partial charge in [0.1, 0.15) is 11.5 Å². The molecule has 2 amide bonds. The lowest BCUT2D eigenvalue weighted by molar-refractivity contribution is -0.126. The van der Waals surface area contributed by atoms with E-state index in [1.165, 1.54) is 7.05 Å². The first kappa shape index (κ1) is 19.1. The second-order valence-electron chi connectivity index (χ2n) is 7.17. The summed E-state index contributed by atoms with van der Waals surface area (Å²) in [7, 11) is 3.13. The van der Waals surface area contributed by atoms with Crippen molar-refractivity contribution in [1.82, 2.24) is 5.32 Å². The number of rotatable bonds is 7. The molecule has 0 spiro atoms. The smallest absolute Gasteiger partial charge is 0.265 e. The Kier molecular flexibility index (Phi) is 5.32. The Balaban J connectivity index is 1.99. The van der Waals surface area contributed by atoms with Crippen LogP contribution in [0.5, 0.6) is 5.75 Å². The van der Waals surface area contributed by atoms with Gasteiger partial charge in [-0.05, 0) is 42.0 Å². The van der Waals surface area contributed by atoms with Crippen molar-refractivity contribution in [3.05, 3.63) is 41.6 Å². The number of allylic oxidation sites excluding steroid dienone is 1. The minimum atomic E-state index is -0.995. The van der Waals surface area contributed by atoms with E-state index in [1.807, 2.05) is 30.3 Å². The summed E-state index contributed by atoms with van der Waals surface area (Å²) in [5.41, 5.74) is 6.67. The highest BCUT2D eigenvalue weighted by Gasteiger charge is 2.56. The number of aliphatic hydroxyl groups is 1. The van der Waals surface area contributed by atoms with E-state index in [4.69, 9.17) is 10.5 Å². The fourth-order valence-corrected chi connectivity index (χ4v) is 3.89. The Hall–Kier alpha value is -2.67. The van der Waals surface area contributed by atoms with Crippen LogP contribution < -0.4 is 15.8 Å². The Morgan fingerprint density at radius 1 is 1.44 bits per heavy atom. The summed E-state index contributed by atoms with van der Waals surface area (Å²) in [5.74, 6) is -0.129. The van der Waals surface area contributed by atoms with Crippen molar-refractivity contribution in [1.29, 1.82) is 0 Å². The van der Waals surface area contributed by atoms with Gasteiger partial charge < -0.3 is 20.9 Å². The van der Waals surface area contributed by atoms with Gasteiger partial charge in [-0.25, -0.2) is 0 Å². The van der Waals surface area contributed by atoms with Crippen molar-refractivity contribution < 1.29 is 19.4 Å². The maximum atomic E-state index is 12.5. The first-order valence-corrected chi connectivity index (χ1v) is 8.98. The maximum absolute atomic E-state index is 12.5. The van der Waals surface area contributed by atoms with Gasteiger partial charge in [-0.3, -0.25) is 14.6 Å². The van der Waals surface area contributed by atoms with Gasteiger partial charge in [0, 0.05) is 32.2 Å². The number of aliphatic imine (C=N–C) groups is 1. The molecule has 1 aromatic carbocycles. The first-order valence-electron chi connectivity index (χ1n) is 8.98. The molecule has 27 heavy (non-hydrogen) atoms. The van der Waals surface area contributed by atoms with Gasteiger partial charge in [0.2, 0.25) is 5.91 Å². The molecule has 1 unspecified atom stereocenters. The molecule has 1 heterocycles. The molecule has 1 fully saturated rings. The number of primary amides is 1. The topological polar surface area (TPSA) is 114 Å². The largest absolute Gasteiger partial charge is 0.497 e. The fraction of sp³-hybridized carbons (Fsp3) is 0.450. The van der Waals surface area contributed by atoms with E-state index >= 15 is 0 Å². The molecule has 3 rings (SSSR count). The van der Waals surface area contributed by atoms with Crippen molar-refractivity contribution in [2.24, 2.45) is 28.0 Å². The number of nitrogens with one attached hydrogen (secondary N) is 1. The minimum Gasteiger partial charge on any atom is -0.497 e. The molecule has 1 aliphatic carbocycles. The second-order valence-corrected chi connectivity index (χ2v) is 7.17. The van der Waals surface area contributed by atoms with Gasteiger partial charge in [0.05, 0.1) is 12.5 Å². The number of carbonyl (C=O) groups is 2. The van der Waals surface area contributed by atoms with Crippen molar-refractivity contribution in [3.8, 4) is 5.75 Å². The third-order valence-electron chi connectivity index (χ3n) is 5.45. The zero-order chi connectivity index (χ0) is 19.6. The van der Waals surface area contributed by atoms with E-state index in [9.17, 15) is 14.7 Å². The van der Waals surface area contributed by atoms with Crippen molar-refractivity contribution in [2.45, 2.75) is 19.3 Å². The predicted octanol–water partition coefficient (Wildman–Crippen LogP) is 0.812. The normalized spacial score (nSPS) is 26.6. The molecule has 144 valence electrons. The summed E-state index contributed by atoms with van der Waals surface area (Å²) < 4.78 is 5.26. The molecule has 4 N–H and O–H groups in total. The number of amides is 2. The van der Waals surface area contributed by atoms with Crippen molar-refractivity contribution >= 4 is 17.5 Å². The SMILES string of the molecule is CNC(=O)C1=NC(Cc2cccc(OC)c2)=CC(C(N)=O)([C@H]2C[C@@H]2CO)C1. The van der Waals surface area contributed by atoms with Crippen LogP contribution in [0.15, 0.2) is 41.0 Å². The molecule has 7 nitrogen and oxygen atoms in total. The standard InChI is InChI=1S/C20H25N3O4/c1-22-18(25)17-10-20(19(21)26,16-8-13(16)11-24)9-14(23-17)6-12-4-3-5-15(7-12)27-2/h3-5,7,9,13,16,24H,6,8,10-11H2,1-2H3,(H2,21,26)(H,22,25)/t13-,16+,20?/m1/s1. The molecule has 7 heteroatoms. The number of nitrogens with zero attached hydrogens (tertiary/aromatic N) is 1. The van der Waals surface area contributed by atoms with Gasteiger partial charge in [0.15, 0.2) is 0 Å². The monoisotopic (exact) mass is 371 g/mol. The van der Waals surface area contributed by atoms with E-state index in [-0.39, 0.29) is 30.8 Å². The lowest BCUT2D eigenvalue weighted by Gasteiger charge is -2.32. The summed E-state index contributed by atoms with van der Waals surface area (Å²) in [6.45, 7) is 0.00516. The summed E-state index contributed by atoms with van der Waals surface area (Å²) in [6.07, 6.45) is 3.12. The molecule has 1 saturated carbocycles. The number of hydrogen-bond donors (Lipinski definition) is 3. The molecule has 0 saturated heterocycles. The molecule has 3 atom stereocenters. The van der Waals surface area contributed by atoms with Crippen molar-refractivity contribution in [2.75, 3.05) is 20.8 Å². The molecule has 1 aliphatic heterocycles. The third-order valence-corrected chi connectivity index (χ3v) is 5.45. The Bertz CT molecular complexity index is 817. The number of methoxy groups -OCH3 is 1. The minimum absolute atomic E-state index is 0.00516. The number of aliphatic hydroxyl groups excluding tert-OH is 1. The van der Waals surface area contributed by atoms with Gasteiger partial charge >= 0.3 is 0 Å². The van der Waals surface area contributed by atoms with Gasteiger partial charge in [-0.2, -0.15) is 0 Å². The van der Waals surface area contributed by atoms with Crippen LogP contribution >= 0.6 is 0 Å². The van der Waals surface area contributed by atoms with E-state index in [2.05, 4.69) is 10.3 Å². The lowest BCUT2D eigenvalue weighted by atomic mass is 9.73. The van der Waals surface area contributed by atoms with Gasteiger partial charge in [-0.1, -0.05) is 12.1 Å². The van der Waals surface area contributed by atoms with Crippen LogP contribution in [0.1, 0.15) is 18.4 Å². The molecular weight excluding hydrogens is 346 g/mol. The number of carbonyl (C=O) groups excluding carboxylic acids is 2. The van der Waals surface area contributed by atoms with E-state index in [1.54, 1.807) is 7.11 Å². The van der Waals surface area contributed by atoms with Crippen LogP contribution in [0.4, 0.5) is 0 Å². The predicted molar refractivity (Wildman–Crippen MR) is 101 cm³/mol. The number of benzene rings is 1. The quantitative estimate of drug-likeness (QED) is 0.658. The van der Waals surface area contributed by atoms with Crippen LogP contribution in [0.2, 0.25) is 0 Å². The number of nitrogens with two attached hydrogens (primary N) is 1. The molecule has 2 aliphatic rings. The number of ether oxygens (including phenoxy) is 1. The van der Waals surface area contributed by atoms with E-state index < -0.39 is 11.3 Å². The Morgan fingerprint density at radius 3 is 2.81 bits per heavy atom. The molecule has 0 aromatic heterocycles. The summed E-state index contributed by atoms with van der Waals surface area (Å²) in [5, 5.41) is 12.1. The highest BCUT2D eigenvalue weighted by Crippen LogP contribution is 2.55. The molecular formula is C20H25N3O4. The van der Waals surface area contributed by atoms with E-state index in [0.29, 0.717) is 24.3 Å². The summed E-state index contributed by atoms with van der Waals surface area (Å²) in [4.78, 5) is 29.2. The van der Waals surface area contributed by atoms with Crippen LogP contribution in [-0.2, 0) is 16.0 Å². The average molecular weight is 371 g/mol. The van der Waals surface area contributed by atoms with Crippen LogP contribution in [0.3, 0.4) is 0 Å². The van der Waals surface area contributed by atoms with Gasteiger partial charge in [0.25, 0.3) is 5.91 Å². The average Bonchev–Trinajstić information content (AvgIpc) is 3.47. The van der Waals surface area contributed by atoms with Crippen molar-refractivity contribution in [3.63, 3.8) is 0 Å². The van der Waals surface area contributed by atoms with Crippen LogP contribution in [0.25, 0.3) is 0 Å². The molecule has 1 aromatic rings. The third kappa shape index (κ3) is 3.73. The van der Waals surface area contributed by atoms with Crippen LogP contribution in [0, 0.1) is 17.3 Å². The highest BCUT2D eigenvalue weighted by atomic mass is 16.5. The first-order chi connectivity index (χ1) is 12.9. The van der Waals surface area contributed by atoms with Crippen LogP contribution in [-0.4, -0.2) is 43.4 Å². The van der Waals surface area contributed by atoms with Gasteiger partial charge in [-0.15, -0.1) is 0 Å². The molecule has 0 radical (unpaired) electrons. The van der Waals surface area contributed by atoms with E-state index in [0.717, 1.165) is 11.3 Å². The number of hydrogen-bond acceptors (Lipinski definition) is 5. The fourth-order valence-electron chi connectivity index (χ4n) is 3.89. The zero-order valence-electron chi connectivity index (χ0n) is 15.6. The Labute approximate surface area is 158 Å². The highest BCUT2D eigenvalue weighted by molar-refractivity contribution is 6.39. The molecule has 0 bridgehead atoms. The Morgan fingerprint density at radius 2 is 2.22 bits per heavy atom. The summed E-state index contributed by atoms with van der Waals surface area (Å²) in [6, 6.07) is 7.56. The summed E-state index contributed by atoms with van der Waals surface area (Å²) >= 11 is 0.